The monoisotopic (exact) mass is 246 g/mol. The van der Waals surface area contributed by atoms with Gasteiger partial charge in [-0.25, -0.2) is 0 Å². The quantitative estimate of drug-likeness (QED) is 0.883. The normalized spacial score (nSPS) is 11.5. The van der Waals surface area contributed by atoms with Gasteiger partial charge in [-0.2, -0.15) is 13.2 Å². The number of alkyl halides is 3. The van der Waals surface area contributed by atoms with E-state index in [0.717, 1.165) is 6.07 Å². The van der Waals surface area contributed by atoms with E-state index in [0.29, 0.717) is 5.56 Å². The molecule has 1 aromatic rings. The van der Waals surface area contributed by atoms with Crippen molar-refractivity contribution in [3.05, 3.63) is 34.9 Å². The predicted molar refractivity (Wildman–Crippen MR) is 56.8 cm³/mol. The Balaban J connectivity index is 2.92. The van der Waals surface area contributed by atoms with Crippen LogP contribution in [0, 0.1) is 6.92 Å². The number of carboxylic acid groups (broad SMARTS) is 1. The van der Waals surface area contributed by atoms with Gasteiger partial charge in [0.05, 0.1) is 5.56 Å². The first-order chi connectivity index (χ1) is 7.82. The molecule has 0 spiro atoms. The van der Waals surface area contributed by atoms with Crippen LogP contribution in [0.4, 0.5) is 13.2 Å². The number of halogens is 3. The van der Waals surface area contributed by atoms with E-state index in [1.807, 2.05) is 0 Å². The molecule has 0 saturated heterocycles. The number of aryl methyl sites for hydroxylation is 1. The first-order valence-electron chi connectivity index (χ1n) is 5.20. The van der Waals surface area contributed by atoms with E-state index in [1.165, 1.54) is 6.07 Å². The van der Waals surface area contributed by atoms with Gasteiger partial charge in [-0.15, -0.1) is 0 Å². The molecule has 0 saturated carbocycles. The van der Waals surface area contributed by atoms with Crippen LogP contribution >= 0.6 is 0 Å². The van der Waals surface area contributed by atoms with Crippen molar-refractivity contribution in [3.63, 3.8) is 0 Å². The smallest absolute Gasteiger partial charge is 0.416 e. The zero-order valence-electron chi connectivity index (χ0n) is 9.34. The van der Waals surface area contributed by atoms with E-state index in [1.54, 1.807) is 13.0 Å². The molecule has 0 fully saturated rings. The molecule has 0 radical (unpaired) electrons. The van der Waals surface area contributed by atoms with E-state index in [4.69, 9.17) is 5.11 Å². The third kappa shape index (κ3) is 3.76. The molecule has 1 N–H and O–H groups in total. The largest absolute Gasteiger partial charge is 0.481 e. The molecule has 0 amide bonds. The van der Waals surface area contributed by atoms with Crippen molar-refractivity contribution in [2.45, 2.75) is 32.4 Å². The summed E-state index contributed by atoms with van der Waals surface area (Å²) in [6.45, 7) is 1.60. The number of carboxylic acids is 1. The van der Waals surface area contributed by atoms with E-state index in [2.05, 4.69) is 0 Å². The topological polar surface area (TPSA) is 37.3 Å². The predicted octanol–water partition coefficient (Wildman–Crippen LogP) is 3.42. The zero-order chi connectivity index (χ0) is 13.1. The highest BCUT2D eigenvalue weighted by atomic mass is 19.4. The number of aliphatic carboxylic acids is 1. The highest BCUT2D eigenvalue weighted by Gasteiger charge is 2.33. The minimum Gasteiger partial charge on any atom is -0.481 e. The summed E-state index contributed by atoms with van der Waals surface area (Å²) in [6, 6.07) is 3.99. The molecule has 0 aliphatic carbocycles. The van der Waals surface area contributed by atoms with Crippen LogP contribution in [0.2, 0.25) is 0 Å². The fourth-order valence-electron chi connectivity index (χ4n) is 1.72. The molecule has 0 aliphatic heterocycles. The fraction of sp³-hybridized carbons (Fsp3) is 0.417. The van der Waals surface area contributed by atoms with Gasteiger partial charge in [0, 0.05) is 6.42 Å². The summed E-state index contributed by atoms with van der Waals surface area (Å²) in [5.41, 5.74) is 0.0781. The Bertz CT molecular complexity index is 411. The van der Waals surface area contributed by atoms with Crippen molar-refractivity contribution in [2.24, 2.45) is 0 Å². The highest BCUT2D eigenvalue weighted by Crippen LogP contribution is 2.33. The molecule has 1 aromatic carbocycles. The number of hydrogen-bond donors (Lipinski definition) is 1. The summed E-state index contributed by atoms with van der Waals surface area (Å²) in [5.74, 6) is -0.993. The second kappa shape index (κ2) is 5.21. The van der Waals surface area contributed by atoms with Crippen LogP contribution in [0.1, 0.15) is 29.5 Å². The lowest BCUT2D eigenvalue weighted by Crippen LogP contribution is -2.11. The maximum absolute atomic E-state index is 12.7. The Labute approximate surface area is 97.1 Å². The number of carbonyl (C=O) groups is 1. The minimum atomic E-state index is -4.38. The van der Waals surface area contributed by atoms with E-state index in [9.17, 15) is 18.0 Å². The average Bonchev–Trinajstić information content (AvgIpc) is 2.18. The van der Waals surface area contributed by atoms with Crippen molar-refractivity contribution in [3.8, 4) is 0 Å². The molecule has 0 aromatic heterocycles. The van der Waals surface area contributed by atoms with Crippen LogP contribution in [-0.4, -0.2) is 11.1 Å². The Hall–Kier alpha value is -1.52. The fourth-order valence-corrected chi connectivity index (χ4v) is 1.72. The van der Waals surface area contributed by atoms with Gasteiger partial charge in [0.25, 0.3) is 0 Å². The lowest BCUT2D eigenvalue weighted by molar-refractivity contribution is -0.138. The lowest BCUT2D eigenvalue weighted by Gasteiger charge is -2.14. The van der Waals surface area contributed by atoms with E-state index in [-0.39, 0.29) is 24.8 Å². The second-order valence-corrected chi connectivity index (χ2v) is 3.85. The first-order valence-corrected chi connectivity index (χ1v) is 5.20. The molecule has 0 aliphatic rings. The highest BCUT2D eigenvalue weighted by molar-refractivity contribution is 5.66. The third-order valence-electron chi connectivity index (χ3n) is 2.53. The molecule has 0 heterocycles. The third-order valence-corrected chi connectivity index (χ3v) is 2.53. The van der Waals surface area contributed by atoms with Crippen LogP contribution in [0.15, 0.2) is 18.2 Å². The van der Waals surface area contributed by atoms with Crippen LogP contribution in [-0.2, 0) is 17.4 Å². The van der Waals surface area contributed by atoms with Gasteiger partial charge in [0.15, 0.2) is 0 Å². The Morgan fingerprint density at radius 3 is 2.53 bits per heavy atom. The number of rotatable bonds is 4. The van der Waals surface area contributed by atoms with Crippen LogP contribution < -0.4 is 0 Å². The maximum Gasteiger partial charge on any atom is 0.416 e. The zero-order valence-corrected chi connectivity index (χ0v) is 9.34. The van der Waals surface area contributed by atoms with Gasteiger partial charge in [0.2, 0.25) is 0 Å². The van der Waals surface area contributed by atoms with Gasteiger partial charge in [-0.05, 0) is 37.0 Å². The summed E-state index contributed by atoms with van der Waals surface area (Å²) in [6.07, 6.45) is -4.16. The Morgan fingerprint density at radius 2 is 2.00 bits per heavy atom. The van der Waals surface area contributed by atoms with Crippen LogP contribution in [0.5, 0.6) is 0 Å². The number of hydrogen-bond acceptors (Lipinski definition) is 1. The molecule has 0 atom stereocenters. The van der Waals surface area contributed by atoms with Gasteiger partial charge in [-0.3, -0.25) is 4.79 Å². The summed E-state index contributed by atoms with van der Waals surface area (Å²) < 4.78 is 38.1. The summed E-state index contributed by atoms with van der Waals surface area (Å²) in [7, 11) is 0. The molecule has 0 unspecified atom stereocenters. The van der Waals surface area contributed by atoms with Gasteiger partial charge in [0.1, 0.15) is 0 Å². The molecular formula is C12H13F3O2. The molecule has 94 valence electrons. The van der Waals surface area contributed by atoms with Gasteiger partial charge >= 0.3 is 12.1 Å². The minimum absolute atomic E-state index is 0.119. The standard InChI is InChI=1S/C12H13F3O2/c1-8-4-2-6-10(12(13,14)15)9(8)5-3-7-11(16)17/h2,4,6H,3,5,7H2,1H3,(H,16,17). The molecule has 17 heavy (non-hydrogen) atoms. The SMILES string of the molecule is Cc1cccc(C(F)(F)F)c1CCCC(=O)O. The molecular weight excluding hydrogens is 233 g/mol. The van der Waals surface area contributed by atoms with E-state index >= 15 is 0 Å². The van der Waals surface area contributed by atoms with Crippen molar-refractivity contribution in [1.29, 1.82) is 0 Å². The van der Waals surface area contributed by atoms with Crippen LogP contribution in [0.3, 0.4) is 0 Å². The lowest BCUT2D eigenvalue weighted by atomic mass is 9.96. The van der Waals surface area contributed by atoms with E-state index < -0.39 is 17.7 Å². The molecule has 2 nitrogen and oxygen atoms in total. The maximum atomic E-state index is 12.7. The van der Waals surface area contributed by atoms with Crippen molar-refractivity contribution >= 4 is 5.97 Å². The Morgan fingerprint density at radius 1 is 1.35 bits per heavy atom. The second-order valence-electron chi connectivity index (χ2n) is 3.85. The van der Waals surface area contributed by atoms with Crippen molar-refractivity contribution in [2.75, 3.05) is 0 Å². The summed E-state index contributed by atoms with van der Waals surface area (Å²) >= 11 is 0. The summed E-state index contributed by atoms with van der Waals surface area (Å²) in [5, 5.41) is 8.47. The molecule has 5 heteroatoms. The average molecular weight is 246 g/mol. The number of benzene rings is 1. The Kier molecular flexibility index (Phi) is 4.15. The van der Waals surface area contributed by atoms with Gasteiger partial charge < -0.3 is 5.11 Å². The molecule has 1 rings (SSSR count). The summed E-state index contributed by atoms with van der Waals surface area (Å²) in [4.78, 5) is 10.3. The first kappa shape index (κ1) is 13.5. The van der Waals surface area contributed by atoms with Gasteiger partial charge in [-0.1, -0.05) is 12.1 Å². The van der Waals surface area contributed by atoms with Crippen molar-refractivity contribution < 1.29 is 23.1 Å². The van der Waals surface area contributed by atoms with Crippen LogP contribution in [0.25, 0.3) is 0 Å². The van der Waals surface area contributed by atoms with Crippen molar-refractivity contribution in [1.82, 2.24) is 0 Å². The molecule has 0 bridgehead atoms.